The van der Waals surface area contributed by atoms with Crippen LogP contribution in [0.1, 0.15) is 23.6 Å². The first-order valence-electron chi connectivity index (χ1n) is 6.86. The molecule has 4 nitrogen and oxygen atoms in total. The van der Waals surface area contributed by atoms with Gasteiger partial charge in [0.25, 0.3) is 0 Å². The number of benzene rings is 2. The minimum Gasteiger partial charge on any atom is -0.399 e. The van der Waals surface area contributed by atoms with E-state index in [4.69, 9.17) is 5.73 Å². The molecule has 0 bridgehead atoms. The highest BCUT2D eigenvalue weighted by Crippen LogP contribution is 2.18. The molecule has 3 N–H and O–H groups in total. The second-order valence-corrected chi connectivity index (χ2v) is 6.75. The molecule has 0 unspecified atom stereocenters. The van der Waals surface area contributed by atoms with E-state index in [1.165, 1.54) is 11.6 Å². The van der Waals surface area contributed by atoms with Crippen LogP contribution < -0.4 is 10.5 Å². The monoisotopic (exact) mass is 304 g/mol. The van der Waals surface area contributed by atoms with E-state index in [1.807, 2.05) is 24.3 Å². The molecule has 0 saturated heterocycles. The molecular weight excluding hydrogens is 284 g/mol. The number of hydrogen-bond donors (Lipinski definition) is 2. The molecule has 5 heteroatoms. The molecule has 2 aromatic carbocycles. The first-order chi connectivity index (χ1) is 9.92. The van der Waals surface area contributed by atoms with Crippen LogP contribution in [0.15, 0.2) is 47.4 Å². The fourth-order valence-electron chi connectivity index (χ4n) is 2.12. The maximum absolute atomic E-state index is 12.3. The lowest BCUT2D eigenvalue weighted by atomic mass is 10.1. The fraction of sp³-hybridized carbons (Fsp3) is 0.250. The van der Waals surface area contributed by atoms with Gasteiger partial charge in [-0.25, -0.2) is 13.1 Å². The molecule has 0 aliphatic carbocycles. The van der Waals surface area contributed by atoms with Crippen LogP contribution in [0.3, 0.4) is 0 Å². The molecule has 0 amide bonds. The van der Waals surface area contributed by atoms with Crippen LogP contribution in [-0.4, -0.2) is 8.42 Å². The first-order valence-corrected chi connectivity index (χ1v) is 8.34. The zero-order chi connectivity index (χ0) is 15.5. The van der Waals surface area contributed by atoms with Crippen molar-refractivity contribution >= 4 is 15.7 Å². The summed E-state index contributed by atoms with van der Waals surface area (Å²) in [6.45, 7) is 4.10. The molecule has 0 aromatic heterocycles. The summed E-state index contributed by atoms with van der Waals surface area (Å²) >= 11 is 0. The van der Waals surface area contributed by atoms with E-state index >= 15 is 0 Å². The third kappa shape index (κ3) is 3.83. The third-order valence-electron chi connectivity index (χ3n) is 3.39. The van der Waals surface area contributed by atoms with Gasteiger partial charge < -0.3 is 5.73 Å². The fourth-order valence-corrected chi connectivity index (χ4v) is 3.37. The Hall–Kier alpha value is -1.85. The summed E-state index contributed by atoms with van der Waals surface area (Å²) < 4.78 is 27.2. The average molecular weight is 304 g/mol. The van der Waals surface area contributed by atoms with Gasteiger partial charge in [0.2, 0.25) is 10.0 Å². The van der Waals surface area contributed by atoms with Crippen molar-refractivity contribution in [1.29, 1.82) is 0 Å². The molecular formula is C16H20N2O2S. The van der Waals surface area contributed by atoms with E-state index < -0.39 is 10.0 Å². The Morgan fingerprint density at radius 3 is 2.24 bits per heavy atom. The number of hydrogen-bond acceptors (Lipinski definition) is 3. The Morgan fingerprint density at radius 1 is 1.05 bits per heavy atom. The summed E-state index contributed by atoms with van der Waals surface area (Å²) in [5.74, 6) is 0. The van der Waals surface area contributed by atoms with Gasteiger partial charge in [0, 0.05) is 12.2 Å². The van der Waals surface area contributed by atoms with Gasteiger partial charge >= 0.3 is 0 Å². The zero-order valence-corrected chi connectivity index (χ0v) is 13.1. The quantitative estimate of drug-likeness (QED) is 0.834. The molecule has 2 aromatic rings. The summed E-state index contributed by atoms with van der Waals surface area (Å²) in [5.41, 5.74) is 9.01. The Morgan fingerprint density at radius 2 is 1.67 bits per heavy atom. The van der Waals surface area contributed by atoms with Gasteiger partial charge in [-0.15, -0.1) is 0 Å². The standard InChI is InChI=1S/C16H20N2O2S/c1-3-13-4-6-14(7-5-13)11-18-21(19,20)16-9-8-15(17)10-12(16)2/h4-10,18H,3,11,17H2,1-2H3. The molecule has 0 saturated carbocycles. The Bertz CT molecular complexity index is 722. The molecule has 0 heterocycles. The van der Waals surface area contributed by atoms with E-state index in [0.29, 0.717) is 11.3 Å². The van der Waals surface area contributed by atoms with Crippen LogP contribution >= 0.6 is 0 Å². The third-order valence-corrected chi connectivity index (χ3v) is 4.95. The number of rotatable bonds is 5. The Kier molecular flexibility index (Phi) is 4.65. The Labute approximate surface area is 126 Å². The topological polar surface area (TPSA) is 72.2 Å². The zero-order valence-electron chi connectivity index (χ0n) is 12.3. The highest BCUT2D eigenvalue weighted by molar-refractivity contribution is 7.89. The maximum Gasteiger partial charge on any atom is 0.241 e. The largest absolute Gasteiger partial charge is 0.399 e. The summed E-state index contributed by atoms with van der Waals surface area (Å²) in [6, 6.07) is 12.7. The van der Waals surface area contributed by atoms with Crippen molar-refractivity contribution in [1.82, 2.24) is 4.72 Å². The summed E-state index contributed by atoms with van der Waals surface area (Å²) in [4.78, 5) is 0.266. The van der Waals surface area contributed by atoms with Gasteiger partial charge in [-0.2, -0.15) is 0 Å². The van der Waals surface area contributed by atoms with Gasteiger partial charge in [0.15, 0.2) is 0 Å². The summed E-state index contributed by atoms with van der Waals surface area (Å²) in [6.07, 6.45) is 0.969. The Balaban J connectivity index is 2.13. The lowest BCUT2D eigenvalue weighted by Gasteiger charge is -2.10. The van der Waals surface area contributed by atoms with Crippen molar-refractivity contribution in [3.63, 3.8) is 0 Å². The van der Waals surface area contributed by atoms with Gasteiger partial charge in [0.05, 0.1) is 4.90 Å². The van der Waals surface area contributed by atoms with Crippen molar-refractivity contribution in [2.75, 3.05) is 5.73 Å². The van der Waals surface area contributed by atoms with Crippen molar-refractivity contribution < 1.29 is 8.42 Å². The second kappa shape index (κ2) is 6.28. The highest BCUT2D eigenvalue weighted by Gasteiger charge is 2.16. The smallest absolute Gasteiger partial charge is 0.241 e. The molecule has 0 radical (unpaired) electrons. The first kappa shape index (κ1) is 15.5. The molecule has 0 aliphatic heterocycles. The van der Waals surface area contributed by atoms with Gasteiger partial charge in [-0.05, 0) is 48.2 Å². The number of sulfonamides is 1. The number of anilines is 1. The average Bonchev–Trinajstić information content (AvgIpc) is 2.45. The minimum atomic E-state index is -3.53. The summed E-state index contributed by atoms with van der Waals surface area (Å²) in [5, 5.41) is 0. The second-order valence-electron chi connectivity index (χ2n) is 5.02. The number of nitrogens with two attached hydrogens (primary N) is 1. The highest BCUT2D eigenvalue weighted by atomic mass is 32.2. The van der Waals surface area contributed by atoms with E-state index in [-0.39, 0.29) is 11.4 Å². The van der Waals surface area contributed by atoms with E-state index in [2.05, 4.69) is 11.6 Å². The predicted molar refractivity (Wildman–Crippen MR) is 85.4 cm³/mol. The molecule has 0 aliphatic rings. The van der Waals surface area contributed by atoms with Crippen molar-refractivity contribution in [3.8, 4) is 0 Å². The number of aryl methyl sites for hydroxylation is 2. The maximum atomic E-state index is 12.3. The van der Waals surface area contributed by atoms with Gasteiger partial charge in [0.1, 0.15) is 0 Å². The van der Waals surface area contributed by atoms with E-state index in [0.717, 1.165) is 12.0 Å². The molecule has 21 heavy (non-hydrogen) atoms. The van der Waals surface area contributed by atoms with E-state index in [9.17, 15) is 8.42 Å². The van der Waals surface area contributed by atoms with Gasteiger partial charge in [-0.1, -0.05) is 31.2 Å². The van der Waals surface area contributed by atoms with Crippen LogP contribution in [0, 0.1) is 6.92 Å². The molecule has 0 atom stereocenters. The molecule has 0 spiro atoms. The van der Waals surface area contributed by atoms with E-state index in [1.54, 1.807) is 19.1 Å². The molecule has 2 rings (SSSR count). The summed E-state index contributed by atoms with van der Waals surface area (Å²) in [7, 11) is -3.53. The van der Waals surface area contributed by atoms with Crippen LogP contribution in [0.4, 0.5) is 5.69 Å². The van der Waals surface area contributed by atoms with Crippen LogP contribution in [0.25, 0.3) is 0 Å². The lowest BCUT2D eigenvalue weighted by molar-refractivity contribution is 0.580. The predicted octanol–water partition coefficient (Wildman–Crippen LogP) is 2.62. The molecule has 0 fully saturated rings. The van der Waals surface area contributed by atoms with Crippen molar-refractivity contribution in [2.24, 2.45) is 0 Å². The van der Waals surface area contributed by atoms with Crippen molar-refractivity contribution in [2.45, 2.75) is 31.7 Å². The normalized spacial score (nSPS) is 11.5. The number of nitrogens with one attached hydrogen (secondary N) is 1. The van der Waals surface area contributed by atoms with Gasteiger partial charge in [-0.3, -0.25) is 0 Å². The van der Waals surface area contributed by atoms with Crippen LogP contribution in [0.5, 0.6) is 0 Å². The van der Waals surface area contributed by atoms with Crippen LogP contribution in [-0.2, 0) is 23.0 Å². The van der Waals surface area contributed by atoms with Crippen molar-refractivity contribution in [3.05, 3.63) is 59.2 Å². The lowest BCUT2D eigenvalue weighted by Crippen LogP contribution is -2.24. The molecule has 112 valence electrons. The minimum absolute atomic E-state index is 0.266. The SMILES string of the molecule is CCc1ccc(CNS(=O)(=O)c2ccc(N)cc2C)cc1. The van der Waals surface area contributed by atoms with Crippen LogP contribution in [0.2, 0.25) is 0 Å². The number of nitrogen functional groups attached to an aromatic ring is 1.